The highest BCUT2D eigenvalue weighted by Gasteiger charge is 2.17. The maximum atomic E-state index is 12.8. The Bertz CT molecular complexity index is 1190. The smallest absolute Gasteiger partial charge is 0.291 e. The lowest BCUT2D eigenvalue weighted by Crippen LogP contribution is -2.32. The molecular weight excluding hydrogens is 400 g/mol. The first-order valence-corrected chi connectivity index (χ1v) is 9.70. The molecule has 9 nitrogen and oxygen atoms in total. The Morgan fingerprint density at radius 1 is 1.00 bits per heavy atom. The van der Waals surface area contributed by atoms with Crippen molar-refractivity contribution >= 4 is 23.2 Å². The Kier molecular flexibility index (Phi) is 5.65. The number of hydrogen-bond donors (Lipinski definition) is 2. The number of nitrogens with one attached hydrogen (secondary N) is 2. The van der Waals surface area contributed by atoms with Gasteiger partial charge in [-0.1, -0.05) is 37.3 Å². The summed E-state index contributed by atoms with van der Waals surface area (Å²) in [7, 11) is 0. The van der Waals surface area contributed by atoms with Crippen LogP contribution in [0.5, 0.6) is 11.5 Å². The molecule has 2 aromatic carbocycles. The van der Waals surface area contributed by atoms with Crippen LogP contribution in [0.25, 0.3) is 11.3 Å². The van der Waals surface area contributed by atoms with Gasteiger partial charge >= 0.3 is 0 Å². The summed E-state index contributed by atoms with van der Waals surface area (Å²) < 4.78 is 11.6. The van der Waals surface area contributed by atoms with Crippen LogP contribution < -0.4 is 25.7 Å². The van der Waals surface area contributed by atoms with E-state index in [4.69, 9.17) is 9.47 Å². The van der Waals surface area contributed by atoms with Gasteiger partial charge in [-0.15, -0.1) is 0 Å². The number of aromatic nitrogens is 2. The SMILES string of the molecule is CCC(=O)Nc1cc(-c2ccccc2)nn(CC(=O)Nc2ccc3c(c2)OCO3)c1=O. The maximum absolute atomic E-state index is 12.8. The largest absolute Gasteiger partial charge is 0.454 e. The predicted molar refractivity (Wildman–Crippen MR) is 114 cm³/mol. The normalized spacial score (nSPS) is 11.8. The molecule has 158 valence electrons. The molecule has 0 atom stereocenters. The fourth-order valence-corrected chi connectivity index (χ4v) is 3.04. The Morgan fingerprint density at radius 3 is 2.55 bits per heavy atom. The molecule has 2 amide bonds. The minimum atomic E-state index is -0.567. The van der Waals surface area contributed by atoms with Crippen LogP contribution in [0, 0.1) is 0 Å². The van der Waals surface area contributed by atoms with Crippen LogP contribution in [0.2, 0.25) is 0 Å². The Hall–Kier alpha value is -4.14. The number of rotatable bonds is 6. The average molecular weight is 420 g/mol. The summed E-state index contributed by atoms with van der Waals surface area (Å²) in [6.45, 7) is 1.49. The second-order valence-electron chi connectivity index (χ2n) is 6.79. The number of hydrogen-bond acceptors (Lipinski definition) is 6. The van der Waals surface area contributed by atoms with Gasteiger partial charge in [0, 0.05) is 23.7 Å². The van der Waals surface area contributed by atoms with Gasteiger partial charge in [-0.25, -0.2) is 4.68 Å². The van der Waals surface area contributed by atoms with E-state index in [1.54, 1.807) is 25.1 Å². The number of amides is 2. The molecule has 2 heterocycles. The number of nitrogens with zero attached hydrogens (tertiary/aromatic N) is 2. The van der Waals surface area contributed by atoms with Crippen LogP contribution in [-0.4, -0.2) is 28.4 Å². The van der Waals surface area contributed by atoms with Gasteiger partial charge in [0.25, 0.3) is 5.56 Å². The third kappa shape index (κ3) is 4.55. The second kappa shape index (κ2) is 8.70. The van der Waals surface area contributed by atoms with Crippen LogP contribution in [0.1, 0.15) is 13.3 Å². The molecule has 3 aromatic rings. The number of carbonyl (C=O) groups excluding carboxylic acids is 2. The van der Waals surface area contributed by atoms with Crippen molar-refractivity contribution < 1.29 is 19.1 Å². The van der Waals surface area contributed by atoms with E-state index in [-0.39, 0.29) is 31.4 Å². The highest BCUT2D eigenvalue weighted by Crippen LogP contribution is 2.34. The molecule has 9 heteroatoms. The van der Waals surface area contributed by atoms with Gasteiger partial charge < -0.3 is 20.1 Å². The standard InChI is InChI=1S/C22H20N4O5/c1-2-20(27)24-17-11-16(14-6-4-3-5-7-14)25-26(22(17)29)12-21(28)23-15-8-9-18-19(10-15)31-13-30-18/h3-11H,2,12-13H2,1H3,(H,23,28)(H,24,27). The van der Waals surface area contributed by atoms with Crippen molar-refractivity contribution in [1.29, 1.82) is 0 Å². The first-order chi connectivity index (χ1) is 15.0. The molecule has 0 bridgehead atoms. The van der Waals surface area contributed by atoms with Crippen LogP contribution in [0.15, 0.2) is 59.4 Å². The summed E-state index contributed by atoms with van der Waals surface area (Å²) in [6, 6.07) is 15.7. The van der Waals surface area contributed by atoms with E-state index in [2.05, 4.69) is 15.7 Å². The van der Waals surface area contributed by atoms with E-state index in [0.717, 1.165) is 10.2 Å². The molecule has 0 saturated heterocycles. The topological polar surface area (TPSA) is 112 Å². The van der Waals surface area contributed by atoms with Gasteiger partial charge in [0.1, 0.15) is 12.2 Å². The highest BCUT2D eigenvalue weighted by atomic mass is 16.7. The molecule has 2 N–H and O–H groups in total. The van der Waals surface area contributed by atoms with Crippen LogP contribution >= 0.6 is 0 Å². The lowest BCUT2D eigenvalue weighted by molar-refractivity contribution is -0.117. The maximum Gasteiger partial charge on any atom is 0.291 e. The minimum absolute atomic E-state index is 0.0663. The summed E-state index contributed by atoms with van der Waals surface area (Å²) >= 11 is 0. The van der Waals surface area contributed by atoms with Crippen LogP contribution in [-0.2, 0) is 16.1 Å². The van der Waals surface area contributed by atoms with E-state index in [9.17, 15) is 14.4 Å². The number of fused-ring (bicyclic) bond motifs is 1. The third-order valence-corrected chi connectivity index (χ3v) is 4.59. The zero-order chi connectivity index (χ0) is 21.8. The lowest BCUT2D eigenvalue weighted by atomic mass is 10.1. The van der Waals surface area contributed by atoms with E-state index < -0.39 is 11.5 Å². The first-order valence-electron chi connectivity index (χ1n) is 9.70. The van der Waals surface area contributed by atoms with Crippen molar-refractivity contribution in [1.82, 2.24) is 9.78 Å². The van der Waals surface area contributed by atoms with Crippen molar-refractivity contribution in [3.63, 3.8) is 0 Å². The fraction of sp³-hybridized carbons (Fsp3) is 0.182. The molecule has 0 unspecified atom stereocenters. The van der Waals surface area contributed by atoms with Gasteiger partial charge in [-0.05, 0) is 18.2 Å². The zero-order valence-electron chi connectivity index (χ0n) is 16.8. The van der Waals surface area contributed by atoms with Crippen molar-refractivity contribution in [3.8, 4) is 22.8 Å². The summed E-state index contributed by atoms with van der Waals surface area (Å²) in [4.78, 5) is 37.3. The van der Waals surface area contributed by atoms with Gasteiger partial charge in [-0.3, -0.25) is 14.4 Å². The quantitative estimate of drug-likeness (QED) is 0.634. The molecule has 0 radical (unpaired) electrons. The zero-order valence-corrected chi connectivity index (χ0v) is 16.8. The van der Waals surface area contributed by atoms with E-state index in [1.807, 2.05) is 30.3 Å². The summed E-state index contributed by atoms with van der Waals surface area (Å²) in [5.74, 6) is 0.372. The molecule has 0 fully saturated rings. The van der Waals surface area contributed by atoms with E-state index in [1.165, 1.54) is 6.07 Å². The Morgan fingerprint density at radius 2 is 1.77 bits per heavy atom. The second-order valence-corrected chi connectivity index (χ2v) is 6.79. The van der Waals surface area contributed by atoms with Gasteiger partial charge in [0.2, 0.25) is 18.6 Å². The first kappa shape index (κ1) is 20.1. The number of anilines is 2. The number of carbonyl (C=O) groups is 2. The molecule has 0 spiro atoms. The monoisotopic (exact) mass is 420 g/mol. The van der Waals surface area contributed by atoms with E-state index >= 15 is 0 Å². The summed E-state index contributed by atoms with van der Waals surface area (Å²) in [5.41, 5.74) is 1.21. The van der Waals surface area contributed by atoms with Gasteiger partial charge in [0.15, 0.2) is 11.5 Å². The fourth-order valence-electron chi connectivity index (χ4n) is 3.04. The Balaban J connectivity index is 1.61. The van der Waals surface area contributed by atoms with Crippen molar-refractivity contribution in [2.24, 2.45) is 0 Å². The molecule has 1 aliphatic heterocycles. The number of ether oxygens (including phenoxy) is 2. The molecule has 4 rings (SSSR count). The predicted octanol–water partition coefficient (Wildman–Crippen LogP) is 2.63. The van der Waals surface area contributed by atoms with Crippen molar-refractivity contribution in [2.45, 2.75) is 19.9 Å². The molecule has 31 heavy (non-hydrogen) atoms. The molecular formula is C22H20N4O5. The van der Waals surface area contributed by atoms with Crippen molar-refractivity contribution in [2.75, 3.05) is 17.4 Å². The molecule has 0 aliphatic carbocycles. The summed E-state index contributed by atoms with van der Waals surface area (Å²) in [6.07, 6.45) is 0.215. The van der Waals surface area contributed by atoms with Crippen molar-refractivity contribution in [3.05, 3.63) is 65.0 Å². The average Bonchev–Trinajstić information content (AvgIpc) is 3.24. The van der Waals surface area contributed by atoms with Crippen LogP contribution in [0.3, 0.4) is 0 Å². The van der Waals surface area contributed by atoms with E-state index in [0.29, 0.717) is 22.9 Å². The molecule has 1 aliphatic rings. The summed E-state index contributed by atoms with van der Waals surface area (Å²) in [5, 5.41) is 9.63. The molecule has 0 saturated carbocycles. The minimum Gasteiger partial charge on any atom is -0.454 e. The van der Waals surface area contributed by atoms with Crippen LogP contribution in [0.4, 0.5) is 11.4 Å². The highest BCUT2D eigenvalue weighted by molar-refractivity contribution is 5.92. The molecule has 1 aromatic heterocycles. The van der Waals surface area contributed by atoms with Gasteiger partial charge in [-0.2, -0.15) is 5.10 Å². The van der Waals surface area contributed by atoms with Gasteiger partial charge in [0.05, 0.1) is 5.69 Å². The lowest BCUT2D eigenvalue weighted by Gasteiger charge is -2.12. The Labute approximate surface area is 177 Å². The third-order valence-electron chi connectivity index (χ3n) is 4.59. The number of benzene rings is 2.